The Hall–Kier alpha value is 0.110. The molecule has 0 saturated carbocycles. The van der Waals surface area contributed by atoms with E-state index in [1.165, 1.54) is 0 Å². The van der Waals surface area contributed by atoms with Gasteiger partial charge in [0, 0.05) is 10.9 Å². The molecule has 0 aliphatic rings. The van der Waals surface area contributed by atoms with Gasteiger partial charge in [-0.15, -0.1) is 0 Å². The number of halogens is 5. The van der Waals surface area contributed by atoms with Crippen molar-refractivity contribution in [3.05, 3.63) is 42.8 Å². The summed E-state index contributed by atoms with van der Waals surface area (Å²) in [6, 6.07) is 3.31. The Morgan fingerprint density at radius 3 is 2.06 bits per heavy atom. The molecule has 2 aromatic carbocycles. The second-order valence-corrected chi connectivity index (χ2v) is 5.28. The van der Waals surface area contributed by atoms with E-state index in [4.69, 9.17) is 58.0 Å². The van der Waals surface area contributed by atoms with Crippen molar-refractivity contribution in [1.29, 1.82) is 0 Å². The molecule has 1 N–H and O–H groups in total. The molecule has 0 amide bonds. The highest BCUT2D eigenvalue weighted by atomic mass is 35.5. The molecule has 0 fully saturated rings. The number of rotatable bonds is 1. The largest absolute Gasteiger partial charge is 0.392 e. The molecule has 17 heavy (non-hydrogen) atoms. The summed E-state index contributed by atoms with van der Waals surface area (Å²) in [5, 5.41) is 11.7. The number of benzene rings is 2. The van der Waals surface area contributed by atoms with E-state index in [9.17, 15) is 5.11 Å². The summed E-state index contributed by atoms with van der Waals surface area (Å²) < 4.78 is 0. The monoisotopic (exact) mass is 328 g/mol. The molecule has 0 aliphatic carbocycles. The molecule has 0 aromatic heterocycles. The average Bonchev–Trinajstić information content (AvgIpc) is 2.31. The van der Waals surface area contributed by atoms with E-state index in [-0.39, 0.29) is 21.7 Å². The van der Waals surface area contributed by atoms with Crippen LogP contribution < -0.4 is 0 Å². The zero-order valence-corrected chi connectivity index (χ0v) is 12.0. The lowest BCUT2D eigenvalue weighted by Gasteiger charge is -2.13. The van der Waals surface area contributed by atoms with Gasteiger partial charge in [0.15, 0.2) is 0 Å². The maximum Gasteiger partial charge on any atom is 0.0789 e. The first-order valence-electron chi connectivity index (χ1n) is 4.53. The zero-order valence-electron chi connectivity index (χ0n) is 8.20. The quantitative estimate of drug-likeness (QED) is 0.675. The topological polar surface area (TPSA) is 20.2 Å². The van der Waals surface area contributed by atoms with E-state index >= 15 is 0 Å². The molecule has 0 atom stereocenters. The minimum absolute atomic E-state index is 0.161. The lowest BCUT2D eigenvalue weighted by atomic mass is 10.0. The van der Waals surface area contributed by atoms with Gasteiger partial charge in [-0.1, -0.05) is 64.1 Å². The van der Waals surface area contributed by atoms with Gasteiger partial charge in [0.25, 0.3) is 0 Å². The molecule has 2 rings (SSSR count). The average molecular weight is 330 g/mol. The van der Waals surface area contributed by atoms with E-state index in [0.29, 0.717) is 26.4 Å². The van der Waals surface area contributed by atoms with Crippen LogP contribution in [0.25, 0.3) is 10.8 Å². The smallest absolute Gasteiger partial charge is 0.0789 e. The van der Waals surface area contributed by atoms with Gasteiger partial charge in [-0.2, -0.15) is 0 Å². The Balaban J connectivity index is 3.06. The normalized spacial score (nSPS) is 11.2. The van der Waals surface area contributed by atoms with E-state index in [0.717, 1.165) is 0 Å². The van der Waals surface area contributed by atoms with Crippen molar-refractivity contribution in [1.82, 2.24) is 0 Å². The maximum absolute atomic E-state index is 9.33. The number of aliphatic hydroxyl groups excluding tert-OH is 1. The molecule has 2 aromatic rings. The first-order chi connectivity index (χ1) is 7.99. The third kappa shape index (κ3) is 2.10. The highest BCUT2D eigenvalue weighted by Crippen LogP contribution is 2.44. The van der Waals surface area contributed by atoms with Crippen LogP contribution in [-0.4, -0.2) is 5.11 Å². The first-order valence-corrected chi connectivity index (χ1v) is 6.42. The lowest BCUT2D eigenvalue weighted by Crippen LogP contribution is -1.91. The molecule has 0 radical (unpaired) electrons. The molecule has 90 valence electrons. The maximum atomic E-state index is 9.33. The summed E-state index contributed by atoms with van der Waals surface area (Å²) in [4.78, 5) is 0. The van der Waals surface area contributed by atoms with Crippen molar-refractivity contribution in [2.75, 3.05) is 0 Å². The van der Waals surface area contributed by atoms with E-state index in [1.54, 1.807) is 12.1 Å². The van der Waals surface area contributed by atoms with Crippen molar-refractivity contribution >= 4 is 68.8 Å². The SMILES string of the molecule is OCc1c(Cl)c(Cl)c(Cl)c2c(Cl)c(Cl)ccc12. The molecule has 0 unspecified atom stereocenters. The van der Waals surface area contributed by atoms with Gasteiger partial charge in [0.1, 0.15) is 0 Å². The first kappa shape index (κ1) is 13.5. The Morgan fingerprint density at radius 2 is 1.47 bits per heavy atom. The van der Waals surface area contributed by atoms with Gasteiger partial charge in [-0.25, -0.2) is 0 Å². The van der Waals surface area contributed by atoms with E-state index in [1.807, 2.05) is 0 Å². The molecule has 0 heterocycles. The predicted octanol–water partition coefficient (Wildman–Crippen LogP) is 5.60. The Labute approximate surface area is 123 Å². The fraction of sp³-hybridized carbons (Fsp3) is 0.0909. The number of hydrogen-bond acceptors (Lipinski definition) is 1. The fourth-order valence-electron chi connectivity index (χ4n) is 1.63. The molecule has 1 nitrogen and oxygen atoms in total. The number of fused-ring (bicyclic) bond motifs is 1. The van der Waals surface area contributed by atoms with Gasteiger partial charge in [-0.05, 0) is 11.5 Å². The predicted molar refractivity (Wildman–Crippen MR) is 74.9 cm³/mol. The third-order valence-electron chi connectivity index (χ3n) is 2.45. The Morgan fingerprint density at radius 1 is 0.824 bits per heavy atom. The molecular formula is C11H5Cl5O. The Kier molecular flexibility index (Phi) is 3.99. The lowest BCUT2D eigenvalue weighted by molar-refractivity contribution is 0.283. The summed E-state index contributed by atoms with van der Waals surface area (Å²) in [6.45, 7) is -0.260. The van der Waals surface area contributed by atoms with Crippen LogP contribution in [0.3, 0.4) is 0 Å². The number of hydrogen-bond donors (Lipinski definition) is 1. The van der Waals surface area contributed by atoms with Crippen LogP contribution in [0.15, 0.2) is 12.1 Å². The van der Waals surface area contributed by atoms with Crippen LogP contribution in [0.1, 0.15) is 5.56 Å². The van der Waals surface area contributed by atoms with Gasteiger partial charge in [0.05, 0.1) is 31.7 Å². The summed E-state index contributed by atoms with van der Waals surface area (Å²) in [5.41, 5.74) is 0.481. The molecule has 0 aliphatic heterocycles. The fourth-order valence-corrected chi connectivity index (χ4v) is 2.90. The molecular weight excluding hydrogens is 325 g/mol. The van der Waals surface area contributed by atoms with Crippen molar-refractivity contribution in [2.24, 2.45) is 0 Å². The molecule has 0 bridgehead atoms. The van der Waals surface area contributed by atoms with Crippen LogP contribution in [0.4, 0.5) is 0 Å². The van der Waals surface area contributed by atoms with Crippen LogP contribution in [0, 0.1) is 0 Å². The van der Waals surface area contributed by atoms with Crippen molar-refractivity contribution in [3.8, 4) is 0 Å². The standard InChI is InChI=1S/C11H5Cl5O/c12-6-2-1-4-5(3-17)8(13)11(16)10(15)7(4)9(6)14/h1-2,17H,3H2. The molecule has 6 heteroatoms. The highest BCUT2D eigenvalue weighted by Gasteiger charge is 2.18. The highest BCUT2D eigenvalue weighted by molar-refractivity contribution is 6.54. The van der Waals surface area contributed by atoms with E-state index < -0.39 is 0 Å². The van der Waals surface area contributed by atoms with Crippen molar-refractivity contribution in [2.45, 2.75) is 6.61 Å². The number of aliphatic hydroxyl groups is 1. The van der Waals surface area contributed by atoms with Gasteiger partial charge in [0.2, 0.25) is 0 Å². The summed E-state index contributed by atoms with van der Waals surface area (Å²) in [6.07, 6.45) is 0. The van der Waals surface area contributed by atoms with Crippen molar-refractivity contribution in [3.63, 3.8) is 0 Å². The van der Waals surface area contributed by atoms with Gasteiger partial charge in [-0.3, -0.25) is 0 Å². The molecule has 0 spiro atoms. The second-order valence-electron chi connectivity index (χ2n) is 3.36. The van der Waals surface area contributed by atoms with Crippen LogP contribution in [0.5, 0.6) is 0 Å². The van der Waals surface area contributed by atoms with Crippen LogP contribution >= 0.6 is 58.0 Å². The Bertz CT molecular complexity index is 609. The van der Waals surface area contributed by atoms with Crippen LogP contribution in [-0.2, 0) is 6.61 Å². The minimum atomic E-state index is -0.260. The van der Waals surface area contributed by atoms with Crippen molar-refractivity contribution < 1.29 is 5.11 Å². The summed E-state index contributed by atoms with van der Waals surface area (Å²) >= 11 is 30.1. The third-order valence-corrected chi connectivity index (χ3v) is 4.62. The summed E-state index contributed by atoms with van der Waals surface area (Å²) in [5.74, 6) is 0. The minimum Gasteiger partial charge on any atom is -0.392 e. The summed E-state index contributed by atoms with van der Waals surface area (Å²) in [7, 11) is 0. The van der Waals surface area contributed by atoms with E-state index in [2.05, 4.69) is 0 Å². The second kappa shape index (κ2) is 5.00. The molecule has 0 saturated heterocycles. The van der Waals surface area contributed by atoms with Gasteiger partial charge < -0.3 is 5.11 Å². The van der Waals surface area contributed by atoms with Gasteiger partial charge >= 0.3 is 0 Å². The van der Waals surface area contributed by atoms with Crippen LogP contribution in [0.2, 0.25) is 25.1 Å². The zero-order chi connectivity index (χ0) is 12.7.